The first-order valence-corrected chi connectivity index (χ1v) is 3.76. The molecule has 1 aliphatic rings. The van der Waals surface area contributed by atoms with E-state index in [1.54, 1.807) is 0 Å². The van der Waals surface area contributed by atoms with Crippen LogP contribution in [0, 0.1) is 0 Å². The molecule has 0 bridgehead atoms. The molecule has 74 valence electrons. The van der Waals surface area contributed by atoms with E-state index in [0.29, 0.717) is 0 Å². The van der Waals surface area contributed by atoms with Gasteiger partial charge in [-0.3, -0.25) is 9.59 Å². The van der Waals surface area contributed by atoms with Crippen LogP contribution in [-0.4, -0.2) is 22.6 Å². The molecule has 14 heavy (non-hydrogen) atoms. The zero-order chi connectivity index (χ0) is 11.1. The third-order valence-corrected chi connectivity index (χ3v) is 1.19. The summed E-state index contributed by atoms with van der Waals surface area (Å²) >= 11 is 0. The average molecular weight is 194 g/mol. The van der Waals surface area contributed by atoms with Gasteiger partial charge in [0.2, 0.25) is 0 Å². The third kappa shape index (κ3) is 5.65. The summed E-state index contributed by atoms with van der Waals surface area (Å²) in [5, 5.41) is 7.89. The molecule has 0 saturated carbocycles. The molecular formula is C10H10O4. The molecular weight excluding hydrogens is 184 g/mol. The number of carboxylic acid groups (broad SMARTS) is 1. The van der Waals surface area contributed by atoms with Crippen LogP contribution in [0.1, 0.15) is 6.92 Å². The van der Waals surface area contributed by atoms with Gasteiger partial charge in [-0.15, -0.1) is 0 Å². The maximum atomic E-state index is 10.3. The summed E-state index contributed by atoms with van der Waals surface area (Å²) in [7, 11) is 0. The molecule has 0 aromatic carbocycles. The van der Waals surface area contributed by atoms with Gasteiger partial charge in [-0.1, -0.05) is 6.58 Å². The van der Waals surface area contributed by atoms with E-state index in [1.807, 2.05) is 0 Å². The Balaban J connectivity index is 0.000000255. The molecule has 1 rings (SSSR count). The van der Waals surface area contributed by atoms with Crippen LogP contribution >= 0.6 is 0 Å². The maximum absolute atomic E-state index is 10.3. The molecule has 4 nitrogen and oxygen atoms in total. The Morgan fingerprint density at radius 2 is 1.36 bits per heavy atom. The molecule has 1 N–H and O–H groups in total. The maximum Gasteiger partial charge on any atom is 0.330 e. The highest BCUT2D eigenvalue weighted by atomic mass is 16.4. The van der Waals surface area contributed by atoms with Crippen LogP contribution in [0.3, 0.4) is 0 Å². The van der Waals surface area contributed by atoms with Crippen LogP contribution in [0.2, 0.25) is 0 Å². The molecule has 0 fully saturated rings. The zero-order valence-electron chi connectivity index (χ0n) is 7.69. The lowest BCUT2D eigenvalue weighted by Crippen LogP contribution is -1.97. The van der Waals surface area contributed by atoms with Crippen molar-refractivity contribution in [2.45, 2.75) is 6.92 Å². The second kappa shape index (κ2) is 5.64. The highest BCUT2D eigenvalue weighted by molar-refractivity contribution is 6.14. The van der Waals surface area contributed by atoms with Crippen molar-refractivity contribution in [3.8, 4) is 0 Å². The molecule has 4 heteroatoms. The van der Waals surface area contributed by atoms with Crippen LogP contribution in [-0.2, 0) is 14.4 Å². The number of ketones is 2. The van der Waals surface area contributed by atoms with Crippen LogP contribution < -0.4 is 0 Å². The third-order valence-electron chi connectivity index (χ3n) is 1.19. The minimum Gasteiger partial charge on any atom is -0.478 e. The van der Waals surface area contributed by atoms with Gasteiger partial charge in [-0.05, 0) is 31.2 Å². The molecule has 0 aliphatic heterocycles. The molecule has 0 saturated heterocycles. The van der Waals surface area contributed by atoms with Gasteiger partial charge in [0, 0.05) is 5.57 Å². The number of allylic oxidation sites excluding steroid dienone is 4. The highest BCUT2D eigenvalue weighted by Crippen LogP contribution is 1.90. The SMILES string of the molecule is C=C(C)C(=O)O.O=C1C=CC(=O)C=C1. The smallest absolute Gasteiger partial charge is 0.330 e. The second-order valence-corrected chi connectivity index (χ2v) is 2.56. The molecule has 0 spiro atoms. The van der Waals surface area contributed by atoms with E-state index in [1.165, 1.54) is 31.2 Å². The largest absolute Gasteiger partial charge is 0.478 e. The number of carboxylic acids is 1. The number of hydrogen-bond acceptors (Lipinski definition) is 3. The summed E-state index contributed by atoms with van der Waals surface area (Å²) in [6, 6.07) is 0. The Morgan fingerprint density at radius 3 is 1.50 bits per heavy atom. The van der Waals surface area contributed by atoms with Gasteiger partial charge in [-0.2, -0.15) is 0 Å². The quantitative estimate of drug-likeness (QED) is 0.497. The van der Waals surface area contributed by atoms with Crippen molar-refractivity contribution in [2.75, 3.05) is 0 Å². The Kier molecular flexibility index (Phi) is 4.84. The van der Waals surface area contributed by atoms with E-state index < -0.39 is 5.97 Å². The summed E-state index contributed by atoms with van der Waals surface area (Å²) in [6.45, 7) is 4.60. The van der Waals surface area contributed by atoms with Crippen molar-refractivity contribution in [1.29, 1.82) is 0 Å². The Labute approximate surface area is 81.2 Å². The van der Waals surface area contributed by atoms with Gasteiger partial charge < -0.3 is 5.11 Å². The predicted octanol–water partition coefficient (Wildman–Crippen LogP) is 0.898. The van der Waals surface area contributed by atoms with E-state index in [-0.39, 0.29) is 17.1 Å². The van der Waals surface area contributed by atoms with Gasteiger partial charge in [0.1, 0.15) is 0 Å². The van der Waals surface area contributed by atoms with E-state index in [2.05, 4.69) is 6.58 Å². The molecule has 0 amide bonds. The summed E-state index contributed by atoms with van der Waals surface area (Å²) in [5.41, 5.74) is 0.176. The number of hydrogen-bond donors (Lipinski definition) is 1. The van der Waals surface area contributed by atoms with E-state index in [0.717, 1.165) is 0 Å². The highest BCUT2D eigenvalue weighted by Gasteiger charge is 1.97. The summed E-state index contributed by atoms with van der Waals surface area (Å²) < 4.78 is 0. The number of aliphatic carboxylic acids is 1. The van der Waals surface area contributed by atoms with Gasteiger partial charge in [0.25, 0.3) is 0 Å². The molecule has 0 aromatic rings. The van der Waals surface area contributed by atoms with Crippen molar-refractivity contribution in [2.24, 2.45) is 0 Å². The summed E-state index contributed by atoms with van der Waals surface area (Å²) in [4.78, 5) is 30.2. The second-order valence-electron chi connectivity index (χ2n) is 2.56. The lowest BCUT2D eigenvalue weighted by molar-refractivity contribution is -0.132. The molecule has 0 atom stereocenters. The lowest BCUT2D eigenvalue weighted by Gasteiger charge is -1.87. The summed E-state index contributed by atoms with van der Waals surface area (Å²) in [5.74, 6) is -1.18. The monoisotopic (exact) mass is 194 g/mol. The van der Waals surface area contributed by atoms with E-state index in [4.69, 9.17) is 5.11 Å². The fourth-order valence-electron chi connectivity index (χ4n) is 0.440. The topological polar surface area (TPSA) is 71.4 Å². The van der Waals surface area contributed by atoms with E-state index in [9.17, 15) is 14.4 Å². The minimum atomic E-state index is -0.935. The van der Waals surface area contributed by atoms with Gasteiger partial charge >= 0.3 is 5.97 Å². The van der Waals surface area contributed by atoms with Crippen LogP contribution in [0.5, 0.6) is 0 Å². The van der Waals surface area contributed by atoms with Crippen LogP contribution in [0.15, 0.2) is 36.5 Å². The first-order valence-electron chi connectivity index (χ1n) is 3.76. The fourth-order valence-corrected chi connectivity index (χ4v) is 0.440. The Bertz CT molecular complexity index is 284. The van der Waals surface area contributed by atoms with Gasteiger partial charge in [0.05, 0.1) is 0 Å². The standard InChI is InChI=1S/C6H4O2.C4H6O2/c7-5-1-2-6(8)4-3-5;1-3(2)4(5)6/h1-4H;1H2,2H3,(H,5,6). The first-order chi connectivity index (χ1) is 6.43. The average Bonchev–Trinajstić information content (AvgIpc) is 2.11. The molecule has 0 radical (unpaired) electrons. The van der Waals surface area contributed by atoms with Crippen molar-refractivity contribution in [3.05, 3.63) is 36.5 Å². The molecule has 0 heterocycles. The number of carbonyl (C=O) groups is 3. The van der Waals surface area contributed by atoms with Crippen molar-refractivity contribution >= 4 is 17.5 Å². The minimum absolute atomic E-state index is 0.121. The fraction of sp³-hybridized carbons (Fsp3) is 0.100. The lowest BCUT2D eigenvalue weighted by atomic mass is 10.2. The molecule has 1 aliphatic carbocycles. The molecule has 0 aromatic heterocycles. The van der Waals surface area contributed by atoms with Crippen LogP contribution in [0.25, 0.3) is 0 Å². The van der Waals surface area contributed by atoms with Crippen molar-refractivity contribution in [3.63, 3.8) is 0 Å². The van der Waals surface area contributed by atoms with Gasteiger partial charge in [0.15, 0.2) is 11.6 Å². The number of carbonyl (C=O) groups excluding carboxylic acids is 2. The summed E-state index contributed by atoms with van der Waals surface area (Å²) in [6.07, 6.45) is 5.01. The number of rotatable bonds is 1. The first kappa shape index (κ1) is 12.0. The van der Waals surface area contributed by atoms with Crippen LogP contribution in [0.4, 0.5) is 0 Å². The normalized spacial score (nSPS) is 13.2. The Morgan fingerprint density at radius 1 is 1.14 bits per heavy atom. The van der Waals surface area contributed by atoms with E-state index >= 15 is 0 Å². The predicted molar refractivity (Wildman–Crippen MR) is 50.7 cm³/mol. The van der Waals surface area contributed by atoms with Gasteiger partial charge in [-0.25, -0.2) is 4.79 Å². The molecule has 0 unspecified atom stereocenters. The van der Waals surface area contributed by atoms with Crippen molar-refractivity contribution in [1.82, 2.24) is 0 Å². The van der Waals surface area contributed by atoms with Crippen molar-refractivity contribution < 1.29 is 19.5 Å². The Hall–Kier alpha value is -1.97. The zero-order valence-corrected chi connectivity index (χ0v) is 7.69.